The van der Waals surface area contributed by atoms with Crippen LogP contribution in [0.5, 0.6) is 0 Å². The lowest BCUT2D eigenvalue weighted by Crippen LogP contribution is -2.36. The van der Waals surface area contributed by atoms with Gasteiger partial charge in [-0.25, -0.2) is 0 Å². The van der Waals surface area contributed by atoms with Crippen LogP contribution in [0.4, 0.5) is 0 Å². The smallest absolute Gasteiger partial charge is 0.218 e. The van der Waals surface area contributed by atoms with Crippen molar-refractivity contribution in [3.63, 3.8) is 0 Å². The molecule has 1 aliphatic carbocycles. The van der Waals surface area contributed by atoms with Crippen LogP contribution in [0.3, 0.4) is 0 Å². The monoisotopic (exact) mass is 170 g/mol. The van der Waals surface area contributed by atoms with E-state index < -0.39 is 0 Å². The summed E-state index contributed by atoms with van der Waals surface area (Å²) < 4.78 is 0. The first-order valence-corrected chi connectivity index (χ1v) is 4.33. The summed E-state index contributed by atoms with van der Waals surface area (Å²) in [7, 11) is 0. The van der Waals surface area contributed by atoms with Crippen molar-refractivity contribution < 1.29 is 4.79 Å². The van der Waals surface area contributed by atoms with Gasteiger partial charge in [0.1, 0.15) is 0 Å². The number of carbonyl (C=O) groups is 1. The molecule has 0 aromatic carbocycles. The van der Waals surface area contributed by atoms with Crippen molar-refractivity contribution in [1.82, 2.24) is 0 Å². The number of amides is 1. The third-order valence-electron chi connectivity index (χ3n) is 3.47. The zero-order chi connectivity index (χ0) is 9.57. The van der Waals surface area contributed by atoms with Gasteiger partial charge in [0, 0.05) is 12.5 Å². The van der Waals surface area contributed by atoms with Crippen LogP contribution >= 0.6 is 0 Å². The van der Waals surface area contributed by atoms with Crippen molar-refractivity contribution in [2.24, 2.45) is 22.3 Å². The molecule has 0 heterocycles. The molecule has 1 rings (SSSR count). The van der Waals surface area contributed by atoms with Crippen molar-refractivity contribution in [2.75, 3.05) is 0 Å². The van der Waals surface area contributed by atoms with Crippen molar-refractivity contribution in [1.29, 1.82) is 0 Å². The molecule has 1 aliphatic rings. The minimum Gasteiger partial charge on any atom is -0.370 e. The van der Waals surface area contributed by atoms with Crippen molar-refractivity contribution >= 4 is 5.91 Å². The van der Waals surface area contributed by atoms with Gasteiger partial charge in [-0.2, -0.15) is 0 Å². The second kappa shape index (κ2) is 2.46. The van der Waals surface area contributed by atoms with E-state index in [9.17, 15) is 4.79 Å². The van der Waals surface area contributed by atoms with Crippen molar-refractivity contribution in [2.45, 2.75) is 39.7 Å². The molecular weight excluding hydrogens is 152 g/mol. The Morgan fingerprint density at radius 3 is 2.17 bits per heavy atom. The van der Waals surface area contributed by atoms with E-state index in [4.69, 9.17) is 11.5 Å². The van der Waals surface area contributed by atoms with Gasteiger partial charge in [-0.15, -0.1) is 0 Å². The van der Waals surface area contributed by atoms with E-state index >= 15 is 0 Å². The predicted molar refractivity (Wildman–Crippen MR) is 48.3 cm³/mol. The molecule has 0 spiro atoms. The third kappa shape index (κ3) is 1.33. The highest BCUT2D eigenvalue weighted by Gasteiger charge is 2.60. The van der Waals surface area contributed by atoms with Crippen LogP contribution in [-0.2, 0) is 4.79 Å². The molecule has 2 unspecified atom stereocenters. The van der Waals surface area contributed by atoms with Gasteiger partial charge in [-0.3, -0.25) is 4.79 Å². The molecule has 1 fully saturated rings. The van der Waals surface area contributed by atoms with Crippen LogP contribution in [0, 0.1) is 10.8 Å². The van der Waals surface area contributed by atoms with Gasteiger partial charge >= 0.3 is 0 Å². The Labute approximate surface area is 73.5 Å². The summed E-state index contributed by atoms with van der Waals surface area (Å²) >= 11 is 0. The van der Waals surface area contributed by atoms with Crippen LogP contribution in [0.15, 0.2) is 0 Å². The Kier molecular flexibility index (Phi) is 1.95. The number of hydrogen-bond acceptors (Lipinski definition) is 2. The molecule has 1 amide bonds. The molecule has 3 heteroatoms. The van der Waals surface area contributed by atoms with E-state index in [0.717, 1.165) is 6.42 Å². The van der Waals surface area contributed by atoms with Gasteiger partial charge in [0.25, 0.3) is 0 Å². The van der Waals surface area contributed by atoms with Gasteiger partial charge in [0.05, 0.1) is 0 Å². The number of primary amides is 1. The second-order valence-electron chi connectivity index (χ2n) is 4.76. The van der Waals surface area contributed by atoms with E-state index in [0.29, 0.717) is 6.42 Å². The maximum absolute atomic E-state index is 10.6. The molecule has 4 N–H and O–H groups in total. The van der Waals surface area contributed by atoms with Gasteiger partial charge in [-0.05, 0) is 17.3 Å². The maximum atomic E-state index is 10.6. The predicted octanol–water partition coefficient (Wildman–Crippen LogP) is 0.625. The highest BCUT2D eigenvalue weighted by Crippen LogP contribution is 2.64. The lowest BCUT2D eigenvalue weighted by Gasteiger charge is -2.21. The fourth-order valence-electron chi connectivity index (χ4n) is 1.95. The minimum absolute atomic E-state index is 0.0787. The highest BCUT2D eigenvalue weighted by molar-refractivity contribution is 5.74. The lowest BCUT2D eigenvalue weighted by atomic mass is 9.88. The molecule has 1 saturated carbocycles. The molecule has 0 radical (unpaired) electrons. The average Bonchev–Trinajstić information content (AvgIpc) is 2.32. The SMILES string of the molecule is CC1(C)CC1(C)C(N)CC(N)=O. The van der Waals surface area contributed by atoms with Crippen LogP contribution in [0.1, 0.15) is 33.6 Å². The van der Waals surface area contributed by atoms with Gasteiger partial charge < -0.3 is 11.5 Å². The standard InChI is InChI=1S/C9H18N2O/c1-8(2)5-9(8,3)6(10)4-7(11)12/h6H,4-5,10H2,1-3H3,(H2,11,12). The fourth-order valence-corrected chi connectivity index (χ4v) is 1.95. The van der Waals surface area contributed by atoms with E-state index in [1.165, 1.54) is 0 Å². The zero-order valence-electron chi connectivity index (χ0n) is 8.05. The topological polar surface area (TPSA) is 69.1 Å². The number of hydrogen-bond donors (Lipinski definition) is 2. The molecule has 0 aliphatic heterocycles. The normalized spacial score (nSPS) is 34.3. The summed E-state index contributed by atoms with van der Waals surface area (Å²) in [4.78, 5) is 10.6. The molecule has 2 atom stereocenters. The quantitative estimate of drug-likeness (QED) is 0.652. The van der Waals surface area contributed by atoms with Crippen LogP contribution in [0.2, 0.25) is 0 Å². The van der Waals surface area contributed by atoms with E-state index in [1.54, 1.807) is 0 Å². The number of rotatable bonds is 3. The summed E-state index contributed by atoms with van der Waals surface area (Å²) in [6.07, 6.45) is 1.40. The molecule has 12 heavy (non-hydrogen) atoms. The molecular formula is C9H18N2O. The first-order valence-electron chi connectivity index (χ1n) is 4.33. The largest absolute Gasteiger partial charge is 0.370 e. The highest BCUT2D eigenvalue weighted by atomic mass is 16.1. The Morgan fingerprint density at radius 2 is 1.92 bits per heavy atom. The minimum atomic E-state index is -0.300. The molecule has 0 saturated heterocycles. The van der Waals surface area contributed by atoms with Crippen LogP contribution < -0.4 is 11.5 Å². The average molecular weight is 170 g/mol. The Hall–Kier alpha value is -0.570. The molecule has 3 nitrogen and oxygen atoms in total. The van der Waals surface area contributed by atoms with Crippen molar-refractivity contribution in [3.8, 4) is 0 Å². The van der Waals surface area contributed by atoms with Gasteiger partial charge in [0.15, 0.2) is 0 Å². The van der Waals surface area contributed by atoms with E-state index in [1.807, 2.05) is 0 Å². The Morgan fingerprint density at radius 1 is 1.50 bits per heavy atom. The first kappa shape index (κ1) is 9.52. The Bertz CT molecular complexity index is 213. The lowest BCUT2D eigenvalue weighted by molar-refractivity contribution is -0.118. The fraction of sp³-hybridized carbons (Fsp3) is 0.889. The van der Waals surface area contributed by atoms with Gasteiger partial charge in [-0.1, -0.05) is 20.8 Å². The maximum Gasteiger partial charge on any atom is 0.218 e. The molecule has 0 bridgehead atoms. The Balaban J connectivity index is 2.55. The zero-order valence-corrected chi connectivity index (χ0v) is 8.05. The van der Waals surface area contributed by atoms with Gasteiger partial charge in [0.2, 0.25) is 5.91 Å². The van der Waals surface area contributed by atoms with E-state index in [2.05, 4.69) is 20.8 Å². The van der Waals surface area contributed by atoms with Crippen LogP contribution in [-0.4, -0.2) is 11.9 Å². The molecule has 70 valence electrons. The summed E-state index contributed by atoms with van der Waals surface area (Å²) in [5.41, 5.74) is 11.4. The van der Waals surface area contributed by atoms with Crippen molar-refractivity contribution in [3.05, 3.63) is 0 Å². The second-order valence-corrected chi connectivity index (χ2v) is 4.76. The molecule has 0 aromatic heterocycles. The van der Waals surface area contributed by atoms with E-state index in [-0.39, 0.29) is 22.8 Å². The summed E-state index contributed by atoms with van der Waals surface area (Å²) in [5.74, 6) is -0.300. The summed E-state index contributed by atoms with van der Waals surface area (Å²) in [6.45, 7) is 6.47. The number of nitrogens with two attached hydrogens (primary N) is 2. The third-order valence-corrected chi connectivity index (χ3v) is 3.47. The molecule has 0 aromatic rings. The van der Waals surface area contributed by atoms with Crippen LogP contribution in [0.25, 0.3) is 0 Å². The first-order chi connectivity index (χ1) is 5.29. The number of carbonyl (C=O) groups excluding carboxylic acids is 1. The summed E-state index contributed by atoms with van der Waals surface area (Å²) in [5, 5.41) is 0. The summed E-state index contributed by atoms with van der Waals surface area (Å²) in [6, 6.07) is -0.0787.